The molecular formula is C22H23FN4O. The fourth-order valence-corrected chi connectivity index (χ4v) is 3.32. The second-order valence-electron chi connectivity index (χ2n) is 6.64. The molecule has 2 aromatic heterocycles. The van der Waals surface area contributed by atoms with E-state index in [9.17, 15) is 9.18 Å². The zero-order chi connectivity index (χ0) is 19.8. The fourth-order valence-electron chi connectivity index (χ4n) is 3.32. The van der Waals surface area contributed by atoms with Crippen LogP contribution in [0.25, 0.3) is 0 Å². The zero-order valence-electron chi connectivity index (χ0n) is 15.5. The molecule has 5 nitrogen and oxygen atoms in total. The molecule has 28 heavy (non-hydrogen) atoms. The molecule has 1 unspecified atom stereocenters. The number of rotatable bonds is 9. The smallest absolute Gasteiger partial charge is 0.242 e. The summed E-state index contributed by atoms with van der Waals surface area (Å²) in [6, 6.07) is 13.9. The predicted octanol–water partition coefficient (Wildman–Crippen LogP) is 2.76. The Labute approximate surface area is 163 Å². The first-order valence-corrected chi connectivity index (χ1v) is 9.19. The number of primary amides is 1. The summed E-state index contributed by atoms with van der Waals surface area (Å²) in [5.74, 6) is -1.05. The van der Waals surface area contributed by atoms with Gasteiger partial charge in [0.05, 0.1) is 0 Å². The Bertz CT molecular complexity index is 905. The van der Waals surface area contributed by atoms with E-state index < -0.39 is 17.3 Å². The molecule has 3 aromatic rings. The lowest BCUT2D eigenvalue weighted by Crippen LogP contribution is -2.54. The van der Waals surface area contributed by atoms with Gasteiger partial charge in [0.2, 0.25) is 5.91 Å². The molecule has 0 aliphatic carbocycles. The number of pyridine rings is 2. The summed E-state index contributed by atoms with van der Waals surface area (Å²) in [7, 11) is 0. The summed E-state index contributed by atoms with van der Waals surface area (Å²) in [4.78, 5) is 20.6. The quantitative estimate of drug-likeness (QED) is 0.600. The van der Waals surface area contributed by atoms with Crippen molar-refractivity contribution < 1.29 is 9.18 Å². The first kappa shape index (κ1) is 19.6. The maximum absolute atomic E-state index is 14.7. The minimum absolute atomic E-state index is 0.270. The number of aromatic nitrogens is 2. The highest BCUT2D eigenvalue weighted by molar-refractivity contribution is 5.86. The van der Waals surface area contributed by atoms with Gasteiger partial charge in [-0.25, -0.2) is 4.39 Å². The third-order valence-electron chi connectivity index (χ3n) is 4.88. The van der Waals surface area contributed by atoms with Gasteiger partial charge in [0.25, 0.3) is 0 Å². The molecule has 0 bridgehead atoms. The van der Waals surface area contributed by atoms with Crippen LogP contribution < -0.4 is 11.1 Å². The number of aryl methyl sites for hydroxylation is 1. The van der Waals surface area contributed by atoms with Crippen LogP contribution >= 0.6 is 0 Å². The van der Waals surface area contributed by atoms with Gasteiger partial charge < -0.3 is 5.73 Å². The lowest BCUT2D eigenvalue weighted by atomic mass is 9.83. The zero-order valence-corrected chi connectivity index (χ0v) is 15.5. The Hall–Kier alpha value is -3.12. The van der Waals surface area contributed by atoms with Crippen LogP contribution in [0.2, 0.25) is 0 Å². The van der Waals surface area contributed by atoms with E-state index in [2.05, 4.69) is 15.3 Å². The van der Waals surface area contributed by atoms with Crippen LogP contribution in [0.15, 0.2) is 73.3 Å². The van der Waals surface area contributed by atoms with E-state index >= 15 is 0 Å². The van der Waals surface area contributed by atoms with E-state index in [1.165, 1.54) is 6.07 Å². The standard InChI is InChI=1S/C22H23FN4O/c23-20-4-2-1-3-19(20)22(21(24)28,11-5-17-6-12-25-13-7-17)27-16-10-18-8-14-26-15-9-18/h1-4,6-9,12-15,27H,5,10-11,16H2,(H2,24,28). The molecule has 1 amide bonds. The molecule has 0 aliphatic heterocycles. The van der Waals surface area contributed by atoms with Crippen LogP contribution in [0.1, 0.15) is 23.1 Å². The second kappa shape index (κ2) is 9.19. The van der Waals surface area contributed by atoms with E-state index in [-0.39, 0.29) is 5.56 Å². The van der Waals surface area contributed by atoms with Crippen LogP contribution in [0.4, 0.5) is 4.39 Å². The Morgan fingerprint density at radius 3 is 2.07 bits per heavy atom. The Morgan fingerprint density at radius 1 is 0.929 bits per heavy atom. The predicted molar refractivity (Wildman–Crippen MR) is 106 cm³/mol. The van der Waals surface area contributed by atoms with E-state index in [1.54, 1.807) is 43.0 Å². The summed E-state index contributed by atoms with van der Waals surface area (Å²) in [6.07, 6.45) is 8.39. The van der Waals surface area contributed by atoms with Gasteiger partial charge in [-0.15, -0.1) is 0 Å². The van der Waals surface area contributed by atoms with Crippen molar-refractivity contribution >= 4 is 5.91 Å². The van der Waals surface area contributed by atoms with Crippen molar-refractivity contribution in [2.75, 3.05) is 6.54 Å². The largest absolute Gasteiger partial charge is 0.368 e. The van der Waals surface area contributed by atoms with Crippen molar-refractivity contribution in [2.45, 2.75) is 24.8 Å². The molecule has 6 heteroatoms. The summed E-state index contributed by atoms with van der Waals surface area (Å²) in [5.41, 5.74) is 6.87. The third kappa shape index (κ3) is 4.58. The van der Waals surface area contributed by atoms with E-state index in [0.717, 1.165) is 11.1 Å². The van der Waals surface area contributed by atoms with E-state index in [1.807, 2.05) is 24.3 Å². The van der Waals surface area contributed by atoms with Crippen molar-refractivity contribution in [3.05, 3.63) is 95.8 Å². The first-order valence-electron chi connectivity index (χ1n) is 9.19. The van der Waals surface area contributed by atoms with Crippen LogP contribution in [0.5, 0.6) is 0 Å². The highest BCUT2D eigenvalue weighted by Crippen LogP contribution is 2.29. The SMILES string of the molecule is NC(=O)C(CCc1ccncc1)(NCCc1ccncc1)c1ccccc1F. The molecule has 0 saturated carbocycles. The van der Waals surface area contributed by atoms with E-state index in [4.69, 9.17) is 5.73 Å². The van der Waals surface area contributed by atoms with Gasteiger partial charge in [0, 0.05) is 36.9 Å². The fraction of sp³-hybridized carbons (Fsp3) is 0.227. The molecule has 1 atom stereocenters. The molecule has 2 heterocycles. The highest BCUT2D eigenvalue weighted by atomic mass is 19.1. The third-order valence-corrected chi connectivity index (χ3v) is 4.88. The number of carbonyl (C=O) groups excluding carboxylic acids is 1. The van der Waals surface area contributed by atoms with Crippen molar-refractivity contribution in [1.29, 1.82) is 0 Å². The minimum Gasteiger partial charge on any atom is -0.368 e. The van der Waals surface area contributed by atoms with Gasteiger partial charge in [0.1, 0.15) is 11.4 Å². The highest BCUT2D eigenvalue weighted by Gasteiger charge is 2.39. The molecule has 0 saturated heterocycles. The van der Waals surface area contributed by atoms with Gasteiger partial charge in [-0.3, -0.25) is 20.1 Å². The van der Waals surface area contributed by atoms with Crippen LogP contribution in [0.3, 0.4) is 0 Å². The number of halogens is 1. The molecule has 144 valence electrons. The van der Waals surface area contributed by atoms with Crippen LogP contribution in [-0.4, -0.2) is 22.4 Å². The Morgan fingerprint density at radius 2 is 1.50 bits per heavy atom. The summed E-state index contributed by atoms with van der Waals surface area (Å²) in [6.45, 7) is 0.470. The normalized spacial score (nSPS) is 13.0. The summed E-state index contributed by atoms with van der Waals surface area (Å²) in [5, 5.41) is 3.26. The molecule has 3 rings (SSSR count). The molecule has 0 radical (unpaired) electrons. The molecule has 0 spiro atoms. The lowest BCUT2D eigenvalue weighted by Gasteiger charge is -2.33. The maximum atomic E-state index is 14.7. The van der Waals surface area contributed by atoms with Crippen molar-refractivity contribution in [3.63, 3.8) is 0 Å². The monoisotopic (exact) mass is 378 g/mol. The Balaban J connectivity index is 1.86. The number of benzene rings is 1. The molecule has 0 aliphatic rings. The van der Waals surface area contributed by atoms with Crippen LogP contribution in [-0.2, 0) is 23.2 Å². The van der Waals surface area contributed by atoms with Gasteiger partial charge >= 0.3 is 0 Å². The van der Waals surface area contributed by atoms with Gasteiger partial charge in [-0.1, -0.05) is 18.2 Å². The average Bonchev–Trinajstić information content (AvgIpc) is 2.72. The number of amides is 1. The molecular weight excluding hydrogens is 355 g/mol. The second-order valence-corrected chi connectivity index (χ2v) is 6.64. The topological polar surface area (TPSA) is 80.9 Å². The van der Waals surface area contributed by atoms with Gasteiger partial charge in [-0.2, -0.15) is 0 Å². The number of nitrogens with two attached hydrogens (primary N) is 1. The van der Waals surface area contributed by atoms with Gasteiger partial charge in [-0.05, 0) is 60.7 Å². The molecule has 0 fully saturated rings. The molecule has 3 N–H and O–H groups in total. The number of nitrogens with one attached hydrogen (secondary N) is 1. The number of hydrogen-bond donors (Lipinski definition) is 2. The maximum Gasteiger partial charge on any atom is 0.242 e. The van der Waals surface area contributed by atoms with Crippen molar-refractivity contribution in [1.82, 2.24) is 15.3 Å². The van der Waals surface area contributed by atoms with E-state index in [0.29, 0.717) is 25.8 Å². The number of carbonyl (C=O) groups is 1. The average molecular weight is 378 g/mol. The van der Waals surface area contributed by atoms with Crippen molar-refractivity contribution in [2.24, 2.45) is 5.73 Å². The molecule has 1 aromatic carbocycles. The Kier molecular flexibility index (Phi) is 6.45. The summed E-state index contributed by atoms with van der Waals surface area (Å²) < 4.78 is 14.7. The number of hydrogen-bond acceptors (Lipinski definition) is 4. The first-order chi connectivity index (χ1) is 13.6. The lowest BCUT2D eigenvalue weighted by molar-refractivity contribution is -0.125. The van der Waals surface area contributed by atoms with Gasteiger partial charge in [0.15, 0.2) is 0 Å². The van der Waals surface area contributed by atoms with Crippen LogP contribution in [0, 0.1) is 5.82 Å². The number of nitrogens with zero attached hydrogens (tertiary/aromatic N) is 2. The minimum atomic E-state index is -1.30. The van der Waals surface area contributed by atoms with Crippen molar-refractivity contribution in [3.8, 4) is 0 Å². The summed E-state index contributed by atoms with van der Waals surface area (Å²) >= 11 is 0.